The molecule has 14 heavy (non-hydrogen) atoms. The van der Waals surface area contributed by atoms with Crippen LogP contribution in [-0.4, -0.2) is 12.1 Å². The molecule has 0 aromatic carbocycles. The molecule has 0 amide bonds. The molecule has 0 aliphatic heterocycles. The molecule has 2 aliphatic rings. The summed E-state index contributed by atoms with van der Waals surface area (Å²) >= 11 is 0. The summed E-state index contributed by atoms with van der Waals surface area (Å²) in [7, 11) is 0. The van der Waals surface area contributed by atoms with Crippen molar-refractivity contribution in [2.45, 2.75) is 71.4 Å². The average Bonchev–Trinajstić information content (AvgIpc) is 1.98. The highest BCUT2D eigenvalue weighted by Crippen LogP contribution is 2.39. The van der Waals surface area contributed by atoms with E-state index in [0.29, 0.717) is 5.41 Å². The highest BCUT2D eigenvalue weighted by atomic mass is 15.0. The summed E-state index contributed by atoms with van der Waals surface area (Å²) in [5.74, 6) is 0.874. The zero-order chi connectivity index (χ0) is 10.2. The summed E-state index contributed by atoms with van der Waals surface area (Å²) in [6, 6.07) is 1.68. The van der Waals surface area contributed by atoms with E-state index in [4.69, 9.17) is 0 Å². The molecule has 2 saturated carbocycles. The van der Waals surface area contributed by atoms with Gasteiger partial charge in [0.25, 0.3) is 0 Å². The SMILES string of the molecule is CC1CC(C)(C)CCC1NC1CCC1. The fourth-order valence-corrected chi connectivity index (χ4v) is 3.07. The van der Waals surface area contributed by atoms with E-state index in [-0.39, 0.29) is 0 Å². The van der Waals surface area contributed by atoms with Gasteiger partial charge >= 0.3 is 0 Å². The van der Waals surface area contributed by atoms with Crippen molar-refractivity contribution in [2.75, 3.05) is 0 Å². The average molecular weight is 195 g/mol. The lowest BCUT2D eigenvalue weighted by atomic mass is 9.70. The molecular formula is C13H25N. The van der Waals surface area contributed by atoms with E-state index in [2.05, 4.69) is 26.1 Å². The van der Waals surface area contributed by atoms with Crippen molar-refractivity contribution in [3.63, 3.8) is 0 Å². The largest absolute Gasteiger partial charge is 0.311 e. The van der Waals surface area contributed by atoms with Gasteiger partial charge in [-0.1, -0.05) is 27.2 Å². The first-order chi connectivity index (χ1) is 6.57. The van der Waals surface area contributed by atoms with Crippen LogP contribution in [0.2, 0.25) is 0 Å². The first-order valence-electron chi connectivity index (χ1n) is 6.33. The van der Waals surface area contributed by atoms with Crippen molar-refractivity contribution in [3.05, 3.63) is 0 Å². The first-order valence-corrected chi connectivity index (χ1v) is 6.33. The lowest BCUT2D eigenvalue weighted by Crippen LogP contribution is -2.48. The Balaban J connectivity index is 1.82. The van der Waals surface area contributed by atoms with Crippen LogP contribution in [0.25, 0.3) is 0 Å². The molecule has 2 rings (SSSR count). The second kappa shape index (κ2) is 3.84. The Labute approximate surface area is 88.7 Å². The number of rotatable bonds is 2. The predicted octanol–water partition coefficient (Wildman–Crippen LogP) is 3.34. The van der Waals surface area contributed by atoms with E-state index in [1.165, 1.54) is 38.5 Å². The minimum atomic E-state index is 0.594. The van der Waals surface area contributed by atoms with E-state index in [1.807, 2.05) is 0 Å². The fourth-order valence-electron chi connectivity index (χ4n) is 3.07. The van der Waals surface area contributed by atoms with Crippen LogP contribution >= 0.6 is 0 Å². The van der Waals surface area contributed by atoms with Crippen LogP contribution in [0.5, 0.6) is 0 Å². The van der Waals surface area contributed by atoms with Gasteiger partial charge in [0.05, 0.1) is 0 Å². The molecule has 0 aromatic heterocycles. The molecule has 2 fully saturated rings. The van der Waals surface area contributed by atoms with Gasteiger partial charge in [-0.2, -0.15) is 0 Å². The summed E-state index contributed by atoms with van der Waals surface area (Å²) in [4.78, 5) is 0. The Morgan fingerprint density at radius 3 is 2.36 bits per heavy atom. The van der Waals surface area contributed by atoms with Crippen LogP contribution in [0.3, 0.4) is 0 Å². The summed E-state index contributed by atoms with van der Waals surface area (Å²) in [5.41, 5.74) is 0.594. The maximum Gasteiger partial charge on any atom is 0.00956 e. The molecule has 0 radical (unpaired) electrons. The summed E-state index contributed by atoms with van der Waals surface area (Å²) in [5, 5.41) is 3.84. The second-order valence-electron chi connectivity index (χ2n) is 6.29. The van der Waals surface area contributed by atoms with Gasteiger partial charge in [0.15, 0.2) is 0 Å². The minimum absolute atomic E-state index is 0.594. The second-order valence-corrected chi connectivity index (χ2v) is 6.29. The van der Waals surface area contributed by atoms with Crippen LogP contribution in [0.15, 0.2) is 0 Å². The van der Waals surface area contributed by atoms with Gasteiger partial charge < -0.3 is 5.32 Å². The fraction of sp³-hybridized carbons (Fsp3) is 1.00. The Kier molecular flexibility index (Phi) is 2.88. The molecule has 0 saturated heterocycles. The Hall–Kier alpha value is -0.0400. The van der Waals surface area contributed by atoms with E-state index < -0.39 is 0 Å². The Bertz CT molecular complexity index is 193. The molecule has 2 unspecified atom stereocenters. The zero-order valence-electron chi connectivity index (χ0n) is 9.97. The van der Waals surface area contributed by atoms with Gasteiger partial charge in [-0.3, -0.25) is 0 Å². The lowest BCUT2D eigenvalue weighted by Gasteiger charge is -2.42. The van der Waals surface area contributed by atoms with Crippen molar-refractivity contribution in [1.82, 2.24) is 5.32 Å². The topological polar surface area (TPSA) is 12.0 Å². The smallest absolute Gasteiger partial charge is 0.00956 e. The van der Waals surface area contributed by atoms with Gasteiger partial charge in [-0.05, 0) is 43.4 Å². The van der Waals surface area contributed by atoms with Gasteiger partial charge in [-0.15, -0.1) is 0 Å². The minimum Gasteiger partial charge on any atom is -0.311 e. The standard InChI is InChI=1S/C13H25N/c1-10-9-13(2,3)8-7-12(10)14-11-5-4-6-11/h10-12,14H,4-9H2,1-3H3. The van der Waals surface area contributed by atoms with Gasteiger partial charge in [0.2, 0.25) is 0 Å². The molecule has 0 bridgehead atoms. The molecule has 0 spiro atoms. The van der Waals surface area contributed by atoms with Gasteiger partial charge in [0, 0.05) is 12.1 Å². The van der Waals surface area contributed by atoms with Crippen molar-refractivity contribution < 1.29 is 0 Å². The van der Waals surface area contributed by atoms with Crippen LogP contribution < -0.4 is 5.32 Å². The van der Waals surface area contributed by atoms with Crippen LogP contribution in [0.4, 0.5) is 0 Å². The molecule has 0 aromatic rings. The summed E-state index contributed by atoms with van der Waals surface area (Å²) in [6.07, 6.45) is 8.49. The van der Waals surface area contributed by atoms with Crippen molar-refractivity contribution in [3.8, 4) is 0 Å². The first kappa shape index (κ1) is 10.5. The van der Waals surface area contributed by atoms with Crippen LogP contribution in [-0.2, 0) is 0 Å². The summed E-state index contributed by atoms with van der Waals surface area (Å²) < 4.78 is 0. The van der Waals surface area contributed by atoms with E-state index in [0.717, 1.165) is 18.0 Å². The number of nitrogens with one attached hydrogen (secondary N) is 1. The van der Waals surface area contributed by atoms with Crippen molar-refractivity contribution >= 4 is 0 Å². The highest BCUT2D eigenvalue weighted by Gasteiger charge is 2.33. The molecule has 1 N–H and O–H groups in total. The molecule has 1 nitrogen and oxygen atoms in total. The predicted molar refractivity (Wildman–Crippen MR) is 61.4 cm³/mol. The number of hydrogen-bond donors (Lipinski definition) is 1. The van der Waals surface area contributed by atoms with Crippen molar-refractivity contribution in [2.24, 2.45) is 11.3 Å². The third kappa shape index (κ3) is 2.31. The normalized spacial score (nSPS) is 37.9. The molecule has 2 aliphatic carbocycles. The quantitative estimate of drug-likeness (QED) is 0.712. The Morgan fingerprint density at radius 2 is 1.86 bits per heavy atom. The maximum atomic E-state index is 3.84. The van der Waals surface area contributed by atoms with E-state index in [1.54, 1.807) is 0 Å². The molecule has 2 atom stereocenters. The molecule has 1 heteroatoms. The van der Waals surface area contributed by atoms with Gasteiger partial charge in [0.1, 0.15) is 0 Å². The lowest BCUT2D eigenvalue weighted by molar-refractivity contribution is 0.130. The summed E-state index contributed by atoms with van der Waals surface area (Å²) in [6.45, 7) is 7.27. The van der Waals surface area contributed by atoms with Crippen molar-refractivity contribution in [1.29, 1.82) is 0 Å². The molecule has 0 heterocycles. The Morgan fingerprint density at radius 1 is 1.14 bits per heavy atom. The third-order valence-corrected chi connectivity index (χ3v) is 4.25. The van der Waals surface area contributed by atoms with E-state index >= 15 is 0 Å². The molecule has 82 valence electrons. The monoisotopic (exact) mass is 195 g/mol. The zero-order valence-corrected chi connectivity index (χ0v) is 9.97. The highest BCUT2D eigenvalue weighted by molar-refractivity contribution is 4.90. The van der Waals surface area contributed by atoms with Crippen LogP contribution in [0.1, 0.15) is 59.3 Å². The third-order valence-electron chi connectivity index (χ3n) is 4.25. The molecular weight excluding hydrogens is 170 g/mol. The van der Waals surface area contributed by atoms with Crippen LogP contribution in [0, 0.1) is 11.3 Å². The van der Waals surface area contributed by atoms with E-state index in [9.17, 15) is 0 Å². The number of hydrogen-bond acceptors (Lipinski definition) is 1. The maximum absolute atomic E-state index is 3.84. The van der Waals surface area contributed by atoms with Gasteiger partial charge in [-0.25, -0.2) is 0 Å².